The van der Waals surface area contributed by atoms with Crippen LogP contribution in [0.1, 0.15) is 17.6 Å². The predicted octanol–water partition coefficient (Wildman–Crippen LogP) is 3.06. The molecule has 140 valence electrons. The van der Waals surface area contributed by atoms with E-state index in [-0.39, 0.29) is 18.3 Å². The summed E-state index contributed by atoms with van der Waals surface area (Å²) in [4.78, 5) is 14.3. The molecule has 1 unspecified atom stereocenters. The number of morpholine rings is 1. The average Bonchev–Trinajstić information content (AvgIpc) is 3.05. The lowest BCUT2D eigenvalue weighted by molar-refractivity contribution is 0.0122. The quantitative estimate of drug-likeness (QED) is 0.855. The summed E-state index contributed by atoms with van der Waals surface area (Å²) in [5, 5.41) is 5.11. The molecule has 2 aromatic rings. The maximum Gasteiger partial charge on any atom is 0.319 e. The number of ether oxygens (including phenoxy) is 1. The van der Waals surface area contributed by atoms with Gasteiger partial charge in [0.15, 0.2) is 0 Å². The van der Waals surface area contributed by atoms with Crippen molar-refractivity contribution >= 4 is 11.7 Å². The summed E-state index contributed by atoms with van der Waals surface area (Å²) in [7, 11) is 0. The minimum Gasteiger partial charge on any atom is -0.465 e. The lowest BCUT2D eigenvalue weighted by atomic mass is 10.1. The molecule has 1 aliphatic rings. The first kappa shape index (κ1) is 18.3. The van der Waals surface area contributed by atoms with Crippen molar-refractivity contribution in [2.24, 2.45) is 0 Å². The molecule has 1 aliphatic heterocycles. The number of nitrogens with zero attached hydrogens (tertiary/aromatic N) is 1. The van der Waals surface area contributed by atoms with Gasteiger partial charge in [-0.25, -0.2) is 13.6 Å². The van der Waals surface area contributed by atoms with Crippen molar-refractivity contribution in [3.8, 4) is 0 Å². The summed E-state index contributed by atoms with van der Waals surface area (Å²) >= 11 is 0. The van der Waals surface area contributed by atoms with Crippen molar-refractivity contribution in [2.75, 3.05) is 38.2 Å². The Morgan fingerprint density at radius 1 is 1.23 bits per heavy atom. The fraction of sp³-hybridized carbons (Fsp3) is 0.389. The summed E-state index contributed by atoms with van der Waals surface area (Å²) in [6.07, 6.45) is 0. The molecule has 1 atom stereocenters. The zero-order chi connectivity index (χ0) is 18.5. The molecule has 3 rings (SSSR count). The number of urea groups is 1. The van der Waals surface area contributed by atoms with Crippen molar-refractivity contribution in [3.63, 3.8) is 0 Å². The zero-order valence-corrected chi connectivity index (χ0v) is 14.4. The number of hydrogen-bond donors (Lipinski definition) is 2. The number of amides is 2. The molecule has 0 saturated carbocycles. The van der Waals surface area contributed by atoms with Gasteiger partial charge < -0.3 is 19.8 Å². The number of hydrogen-bond acceptors (Lipinski definition) is 4. The van der Waals surface area contributed by atoms with E-state index in [1.807, 2.05) is 19.1 Å². The third kappa shape index (κ3) is 4.59. The second-order valence-corrected chi connectivity index (χ2v) is 6.07. The smallest absolute Gasteiger partial charge is 0.319 e. The Hall–Kier alpha value is -2.45. The van der Waals surface area contributed by atoms with Crippen molar-refractivity contribution in [1.29, 1.82) is 0 Å². The van der Waals surface area contributed by atoms with Gasteiger partial charge in [-0.05, 0) is 31.2 Å². The number of benzene rings is 1. The van der Waals surface area contributed by atoms with Crippen LogP contribution in [0.5, 0.6) is 0 Å². The van der Waals surface area contributed by atoms with E-state index in [9.17, 15) is 13.6 Å². The largest absolute Gasteiger partial charge is 0.465 e. The van der Waals surface area contributed by atoms with Crippen molar-refractivity contribution in [1.82, 2.24) is 10.2 Å². The number of aryl methyl sites for hydroxylation is 1. The lowest BCUT2D eigenvalue weighted by Gasteiger charge is -2.33. The molecule has 1 aromatic carbocycles. The van der Waals surface area contributed by atoms with E-state index in [2.05, 4.69) is 15.5 Å². The molecule has 8 heteroatoms. The third-order valence-corrected chi connectivity index (χ3v) is 4.21. The van der Waals surface area contributed by atoms with Gasteiger partial charge in [0.25, 0.3) is 0 Å². The maximum absolute atomic E-state index is 13.6. The van der Waals surface area contributed by atoms with Gasteiger partial charge in [-0.1, -0.05) is 0 Å². The molecule has 0 aliphatic carbocycles. The van der Waals surface area contributed by atoms with E-state index in [0.717, 1.165) is 36.7 Å². The highest BCUT2D eigenvalue weighted by Crippen LogP contribution is 2.23. The topological polar surface area (TPSA) is 66.7 Å². The fourth-order valence-electron chi connectivity index (χ4n) is 2.88. The number of rotatable bonds is 5. The van der Waals surface area contributed by atoms with Crippen LogP contribution >= 0.6 is 0 Å². The Bertz CT molecular complexity index is 760. The molecule has 2 heterocycles. The molecule has 2 N–H and O–H groups in total. The highest BCUT2D eigenvalue weighted by molar-refractivity contribution is 5.89. The monoisotopic (exact) mass is 365 g/mol. The first-order valence-corrected chi connectivity index (χ1v) is 8.41. The Morgan fingerprint density at radius 2 is 2.00 bits per heavy atom. The number of furan rings is 1. The van der Waals surface area contributed by atoms with Crippen LogP contribution in [0.3, 0.4) is 0 Å². The molecule has 1 saturated heterocycles. The number of halogens is 2. The first-order valence-electron chi connectivity index (χ1n) is 8.41. The molecule has 6 nitrogen and oxygen atoms in total. The number of nitrogens with one attached hydrogen (secondary N) is 2. The van der Waals surface area contributed by atoms with Crippen molar-refractivity contribution in [2.45, 2.75) is 13.0 Å². The Labute approximate surface area is 150 Å². The van der Waals surface area contributed by atoms with Crippen LogP contribution in [0.2, 0.25) is 0 Å². The minimum absolute atomic E-state index is 0.0827. The van der Waals surface area contributed by atoms with Crippen LogP contribution in [0.25, 0.3) is 0 Å². The van der Waals surface area contributed by atoms with Crippen LogP contribution in [0.4, 0.5) is 19.3 Å². The van der Waals surface area contributed by atoms with E-state index < -0.39 is 17.7 Å². The van der Waals surface area contributed by atoms with E-state index >= 15 is 0 Å². The molecule has 0 radical (unpaired) electrons. The predicted molar refractivity (Wildman–Crippen MR) is 92.0 cm³/mol. The van der Waals surface area contributed by atoms with Gasteiger partial charge in [-0.2, -0.15) is 0 Å². The van der Waals surface area contributed by atoms with E-state index in [1.165, 1.54) is 6.07 Å². The van der Waals surface area contributed by atoms with Gasteiger partial charge >= 0.3 is 6.03 Å². The number of carbonyl (C=O) groups is 1. The summed E-state index contributed by atoms with van der Waals surface area (Å²) in [6, 6.07) is 6.01. The molecule has 0 bridgehead atoms. The standard InChI is InChI=1S/C18H21F2N3O3/c1-12-2-5-17(26-12)16(23-6-8-25-9-7-23)11-21-18(24)22-15-4-3-13(19)10-14(15)20/h2-5,10,16H,6-9,11H2,1H3,(H2,21,22,24). The average molecular weight is 365 g/mol. The van der Waals surface area contributed by atoms with Crippen LogP contribution < -0.4 is 10.6 Å². The molecule has 2 amide bonds. The van der Waals surface area contributed by atoms with Gasteiger partial charge in [-0.3, -0.25) is 4.90 Å². The second-order valence-electron chi connectivity index (χ2n) is 6.07. The molecule has 1 aromatic heterocycles. The number of anilines is 1. The van der Waals surface area contributed by atoms with Gasteiger partial charge in [0.05, 0.1) is 24.9 Å². The lowest BCUT2D eigenvalue weighted by Crippen LogP contribution is -2.44. The van der Waals surface area contributed by atoms with E-state index in [4.69, 9.17) is 9.15 Å². The molecular weight excluding hydrogens is 344 g/mol. The van der Waals surface area contributed by atoms with Gasteiger partial charge in [0.2, 0.25) is 0 Å². The zero-order valence-electron chi connectivity index (χ0n) is 14.4. The number of carbonyl (C=O) groups excluding carboxylic acids is 1. The highest BCUT2D eigenvalue weighted by Gasteiger charge is 2.25. The maximum atomic E-state index is 13.6. The molecule has 26 heavy (non-hydrogen) atoms. The van der Waals surface area contributed by atoms with E-state index in [1.54, 1.807) is 0 Å². The third-order valence-electron chi connectivity index (χ3n) is 4.21. The molecular formula is C18H21F2N3O3. The summed E-state index contributed by atoms with van der Waals surface area (Å²) in [5.74, 6) is 0.00863. The molecule has 1 fully saturated rings. The van der Waals surface area contributed by atoms with Crippen LogP contribution in [0, 0.1) is 18.6 Å². The first-order chi connectivity index (χ1) is 12.5. The van der Waals surface area contributed by atoms with Crippen molar-refractivity contribution in [3.05, 3.63) is 53.5 Å². The SMILES string of the molecule is Cc1ccc(C(CNC(=O)Nc2ccc(F)cc2F)N2CCOCC2)o1. The van der Waals surface area contributed by atoms with Gasteiger partial charge in [0, 0.05) is 25.7 Å². The second kappa shape index (κ2) is 8.29. The summed E-state index contributed by atoms with van der Waals surface area (Å²) < 4.78 is 37.7. The van der Waals surface area contributed by atoms with Crippen LogP contribution in [0.15, 0.2) is 34.7 Å². The fourth-order valence-corrected chi connectivity index (χ4v) is 2.88. The normalized spacial score (nSPS) is 16.3. The van der Waals surface area contributed by atoms with Crippen molar-refractivity contribution < 1.29 is 22.7 Å². The van der Waals surface area contributed by atoms with E-state index in [0.29, 0.717) is 13.2 Å². The minimum atomic E-state index is -0.827. The summed E-state index contributed by atoms with van der Waals surface area (Å²) in [6.45, 7) is 4.81. The molecule has 0 spiro atoms. The van der Waals surface area contributed by atoms with Gasteiger partial charge in [-0.15, -0.1) is 0 Å². The summed E-state index contributed by atoms with van der Waals surface area (Å²) in [5.41, 5.74) is -0.0827. The van der Waals surface area contributed by atoms with Crippen LogP contribution in [-0.4, -0.2) is 43.8 Å². The van der Waals surface area contributed by atoms with Gasteiger partial charge in [0.1, 0.15) is 23.2 Å². The van der Waals surface area contributed by atoms with Crippen LogP contribution in [-0.2, 0) is 4.74 Å². The Morgan fingerprint density at radius 3 is 2.65 bits per heavy atom. The highest BCUT2D eigenvalue weighted by atomic mass is 19.1. The Balaban J connectivity index is 1.64. The Kier molecular flexibility index (Phi) is 5.85.